The molecule has 0 atom stereocenters. The van der Waals surface area contributed by atoms with E-state index in [9.17, 15) is 27.5 Å². The van der Waals surface area contributed by atoms with E-state index >= 15 is 0 Å². The van der Waals surface area contributed by atoms with Crippen molar-refractivity contribution in [3.05, 3.63) is 105 Å². The molecule has 0 saturated heterocycles. The highest BCUT2D eigenvalue weighted by Crippen LogP contribution is 2.45. The van der Waals surface area contributed by atoms with E-state index in [0.717, 1.165) is 54.0 Å². The lowest BCUT2D eigenvalue weighted by Crippen LogP contribution is -2.10. The summed E-state index contributed by atoms with van der Waals surface area (Å²) in [7, 11) is 1.43. The monoisotopic (exact) mass is 580 g/mol. The maximum absolute atomic E-state index is 14.3. The number of carbonyl (C=O) groups is 1. The van der Waals surface area contributed by atoms with E-state index in [0.29, 0.717) is 42.6 Å². The van der Waals surface area contributed by atoms with Gasteiger partial charge in [0.25, 0.3) is 0 Å². The summed E-state index contributed by atoms with van der Waals surface area (Å²) >= 11 is 0. The first-order chi connectivity index (χ1) is 20.2. The van der Waals surface area contributed by atoms with Crippen LogP contribution in [0.2, 0.25) is 0 Å². The van der Waals surface area contributed by atoms with Crippen molar-refractivity contribution >= 4 is 23.2 Å². The van der Waals surface area contributed by atoms with Gasteiger partial charge in [-0.05, 0) is 114 Å². The van der Waals surface area contributed by atoms with Gasteiger partial charge in [-0.1, -0.05) is 55.3 Å². The van der Waals surface area contributed by atoms with Crippen LogP contribution in [0.3, 0.4) is 0 Å². The molecule has 0 heterocycles. The van der Waals surface area contributed by atoms with Crippen LogP contribution in [0.5, 0.6) is 5.75 Å². The van der Waals surface area contributed by atoms with Gasteiger partial charge in [0.1, 0.15) is 5.75 Å². The van der Waals surface area contributed by atoms with Gasteiger partial charge in [0.05, 0.1) is 24.9 Å². The molecular weight excluding hydrogens is 544 g/mol. The predicted octanol–water partition coefficient (Wildman–Crippen LogP) is 10.0. The fraction of sp³-hybridized carbons (Fsp3) is 0.343. The summed E-state index contributed by atoms with van der Waals surface area (Å²) in [6.07, 6.45) is 3.14. The van der Waals surface area contributed by atoms with Crippen LogP contribution in [-0.2, 0) is 12.6 Å². The van der Waals surface area contributed by atoms with Crippen LogP contribution in [0.25, 0.3) is 17.2 Å². The van der Waals surface area contributed by atoms with Crippen molar-refractivity contribution in [2.24, 2.45) is 0 Å². The Morgan fingerprint density at radius 2 is 1.71 bits per heavy atom. The number of ether oxygens (including phenoxy) is 1. The Labute approximate surface area is 244 Å². The lowest BCUT2D eigenvalue weighted by atomic mass is 9.85. The minimum absolute atomic E-state index is 0.0672. The molecule has 0 unspecified atom stereocenters. The van der Waals surface area contributed by atoms with Gasteiger partial charge in [0, 0.05) is 0 Å². The second-order valence-electron chi connectivity index (χ2n) is 10.6. The van der Waals surface area contributed by atoms with Gasteiger partial charge in [-0.3, -0.25) is 4.39 Å². The number of methoxy groups -OCH3 is 1. The van der Waals surface area contributed by atoms with Gasteiger partial charge >= 0.3 is 12.1 Å². The Kier molecular flexibility index (Phi) is 10.3. The highest BCUT2D eigenvalue weighted by molar-refractivity contribution is 6.01. The molecule has 0 radical (unpaired) electrons. The summed E-state index contributed by atoms with van der Waals surface area (Å²) in [5.74, 6) is -0.720. The Bertz CT molecular complexity index is 1470. The zero-order valence-electron chi connectivity index (χ0n) is 24.0. The van der Waals surface area contributed by atoms with E-state index in [1.165, 1.54) is 30.9 Å². The second kappa shape index (κ2) is 13.9. The molecular formula is C35H36F4O3. The number of aryl methyl sites for hydroxylation is 1. The van der Waals surface area contributed by atoms with Crippen LogP contribution in [-0.4, -0.2) is 24.9 Å². The largest absolute Gasteiger partial charge is 0.497 e. The van der Waals surface area contributed by atoms with Crippen molar-refractivity contribution in [3.63, 3.8) is 0 Å². The molecule has 0 spiro atoms. The molecule has 222 valence electrons. The molecule has 3 aromatic rings. The number of unbranched alkanes of at least 4 members (excludes halogenated alkanes) is 2. The first-order valence-electron chi connectivity index (χ1n) is 14.4. The average Bonchev–Trinajstić information content (AvgIpc) is 3.17. The van der Waals surface area contributed by atoms with Gasteiger partial charge in [-0.2, -0.15) is 13.2 Å². The maximum Gasteiger partial charge on any atom is 0.417 e. The van der Waals surface area contributed by atoms with E-state index in [2.05, 4.69) is 13.0 Å². The molecule has 1 N–H and O–H groups in total. The summed E-state index contributed by atoms with van der Waals surface area (Å²) in [4.78, 5) is 11.7. The minimum atomic E-state index is -4.57. The lowest BCUT2D eigenvalue weighted by molar-refractivity contribution is -0.137. The number of hydrogen-bond acceptors (Lipinski definition) is 2. The molecule has 0 amide bonds. The van der Waals surface area contributed by atoms with Crippen LogP contribution < -0.4 is 4.74 Å². The summed E-state index contributed by atoms with van der Waals surface area (Å²) in [6, 6.07) is 16.4. The molecule has 0 saturated carbocycles. The molecule has 3 aromatic carbocycles. The second-order valence-corrected chi connectivity index (χ2v) is 10.6. The topological polar surface area (TPSA) is 46.5 Å². The number of carboxylic acids is 1. The van der Waals surface area contributed by atoms with Crippen molar-refractivity contribution < 1.29 is 32.2 Å². The van der Waals surface area contributed by atoms with E-state index in [1.807, 2.05) is 24.3 Å². The van der Waals surface area contributed by atoms with Crippen LogP contribution in [0.15, 0.2) is 66.2 Å². The molecule has 1 aliphatic carbocycles. The van der Waals surface area contributed by atoms with Gasteiger partial charge < -0.3 is 9.84 Å². The third-order valence-corrected chi connectivity index (χ3v) is 7.81. The molecule has 42 heavy (non-hydrogen) atoms. The van der Waals surface area contributed by atoms with Crippen molar-refractivity contribution in [1.82, 2.24) is 0 Å². The number of allylic oxidation sites excluding steroid dienone is 2. The van der Waals surface area contributed by atoms with Crippen molar-refractivity contribution in [1.29, 1.82) is 0 Å². The number of benzene rings is 3. The summed E-state index contributed by atoms with van der Waals surface area (Å²) in [6.45, 7) is 1.79. The normalized spacial score (nSPS) is 14.0. The molecule has 0 bridgehead atoms. The number of carboxylic acid groups (broad SMARTS) is 1. The smallest absolute Gasteiger partial charge is 0.417 e. The summed E-state index contributed by atoms with van der Waals surface area (Å²) < 4.78 is 60.7. The highest BCUT2D eigenvalue weighted by atomic mass is 19.4. The number of halogens is 4. The standard InChI is InChI=1S/C35H36F4O3/c1-3-23(8-5-4-6-19-36)20-24-11-13-25(14-12-24)33-29-17-15-27(34(40)41)21-26(29)9-7-10-30(33)31-22-28(42-2)16-18-32(31)35(37,38)39/h11-18,20-22H,3-10,19H2,1-2H3,(H,40,41)/b23-20-. The number of fused-ring (bicyclic) bond motifs is 1. The Morgan fingerprint density at radius 1 is 0.952 bits per heavy atom. The number of hydrogen-bond donors (Lipinski definition) is 1. The minimum Gasteiger partial charge on any atom is -0.497 e. The van der Waals surface area contributed by atoms with E-state index in [-0.39, 0.29) is 17.8 Å². The molecule has 0 aromatic heterocycles. The Hall–Kier alpha value is -3.87. The molecule has 7 heteroatoms. The Balaban J connectivity index is 1.88. The maximum atomic E-state index is 14.3. The number of aromatic carboxylic acids is 1. The van der Waals surface area contributed by atoms with Crippen molar-refractivity contribution in [2.75, 3.05) is 13.8 Å². The summed E-state index contributed by atoms with van der Waals surface area (Å²) in [5.41, 5.74) is 5.21. The molecule has 1 aliphatic rings. The molecule has 3 nitrogen and oxygen atoms in total. The van der Waals surface area contributed by atoms with Gasteiger partial charge in [0.15, 0.2) is 0 Å². The predicted molar refractivity (Wildman–Crippen MR) is 159 cm³/mol. The van der Waals surface area contributed by atoms with Gasteiger partial charge in [-0.25, -0.2) is 4.79 Å². The SMILES string of the molecule is CC/C(=C/c1ccc(C2=C(c3cc(OC)ccc3C(F)(F)F)CCCc3cc(C(=O)O)ccc32)cc1)CCCCCF. The van der Waals surface area contributed by atoms with Crippen LogP contribution >= 0.6 is 0 Å². The fourth-order valence-corrected chi connectivity index (χ4v) is 5.62. The van der Waals surface area contributed by atoms with Crippen molar-refractivity contribution in [2.45, 2.75) is 64.5 Å². The van der Waals surface area contributed by atoms with Gasteiger partial charge in [0.2, 0.25) is 0 Å². The first kappa shape index (κ1) is 31.1. The van der Waals surface area contributed by atoms with E-state index in [1.54, 1.807) is 12.1 Å². The Morgan fingerprint density at radius 3 is 2.36 bits per heavy atom. The zero-order valence-corrected chi connectivity index (χ0v) is 24.0. The zero-order chi connectivity index (χ0) is 30.3. The number of alkyl halides is 4. The quantitative estimate of drug-likeness (QED) is 0.181. The van der Waals surface area contributed by atoms with Crippen LogP contribution in [0.4, 0.5) is 17.6 Å². The van der Waals surface area contributed by atoms with Crippen LogP contribution in [0.1, 0.15) is 95.6 Å². The average molecular weight is 581 g/mol. The third-order valence-electron chi connectivity index (χ3n) is 7.81. The highest BCUT2D eigenvalue weighted by Gasteiger charge is 2.35. The third kappa shape index (κ3) is 7.30. The summed E-state index contributed by atoms with van der Waals surface area (Å²) in [5, 5.41) is 9.58. The lowest BCUT2D eigenvalue weighted by Gasteiger charge is -2.21. The molecule has 0 aliphatic heterocycles. The van der Waals surface area contributed by atoms with Gasteiger partial charge in [-0.15, -0.1) is 0 Å². The first-order valence-corrected chi connectivity index (χ1v) is 14.4. The number of rotatable bonds is 11. The van der Waals surface area contributed by atoms with E-state index in [4.69, 9.17) is 4.74 Å². The molecule has 4 rings (SSSR count). The van der Waals surface area contributed by atoms with Crippen molar-refractivity contribution in [3.8, 4) is 5.75 Å². The van der Waals surface area contributed by atoms with E-state index < -0.39 is 17.7 Å². The van der Waals surface area contributed by atoms with Crippen LogP contribution in [0, 0.1) is 0 Å². The molecule has 0 fully saturated rings. The fourth-order valence-electron chi connectivity index (χ4n) is 5.62.